The molecule has 0 spiro atoms. The van der Waals surface area contributed by atoms with Gasteiger partial charge in [-0.15, -0.1) is 0 Å². The molecule has 0 N–H and O–H groups in total. The number of aromatic nitrogens is 2. The average molecular weight is 352 g/mol. The highest BCUT2D eigenvalue weighted by atomic mass is 16.5. The third-order valence-corrected chi connectivity index (χ3v) is 4.01. The van der Waals surface area contributed by atoms with Gasteiger partial charge in [0.1, 0.15) is 16.8 Å². The van der Waals surface area contributed by atoms with Crippen LogP contribution < -0.4 is 0 Å². The quantitative estimate of drug-likeness (QED) is 0.529. The molecule has 3 aromatic rings. The van der Waals surface area contributed by atoms with Crippen LogP contribution in [-0.4, -0.2) is 41.6 Å². The Balaban J connectivity index is 2.36. The summed E-state index contributed by atoms with van der Waals surface area (Å²) >= 11 is 0. The zero-order valence-electron chi connectivity index (χ0n) is 14.5. The van der Waals surface area contributed by atoms with E-state index in [0.29, 0.717) is 5.56 Å². The molecule has 7 nitrogen and oxygen atoms in total. The third-order valence-electron chi connectivity index (χ3n) is 4.01. The number of fused-ring (bicyclic) bond motifs is 1. The van der Waals surface area contributed by atoms with Crippen LogP contribution in [0.2, 0.25) is 0 Å². The molecule has 2 heterocycles. The van der Waals surface area contributed by atoms with Gasteiger partial charge >= 0.3 is 11.9 Å². The molecule has 2 aromatic heterocycles. The van der Waals surface area contributed by atoms with Crippen LogP contribution in [0.1, 0.15) is 42.3 Å². The maximum Gasteiger partial charge on any atom is 0.341 e. The van der Waals surface area contributed by atoms with Crippen molar-refractivity contribution in [2.75, 3.05) is 14.2 Å². The van der Waals surface area contributed by atoms with E-state index in [1.54, 1.807) is 36.4 Å². The summed E-state index contributed by atoms with van der Waals surface area (Å²) in [6, 6.07) is 10.1. The highest BCUT2D eigenvalue weighted by molar-refractivity contribution is 6.19. The molecule has 0 atom stereocenters. The number of esters is 2. The first kappa shape index (κ1) is 17.3. The van der Waals surface area contributed by atoms with Gasteiger partial charge in [0.2, 0.25) is 5.78 Å². The van der Waals surface area contributed by atoms with Crippen molar-refractivity contribution in [3.05, 3.63) is 70.5 Å². The first-order chi connectivity index (χ1) is 12.5. The number of methoxy groups -OCH3 is 2. The van der Waals surface area contributed by atoms with E-state index < -0.39 is 17.7 Å². The second kappa shape index (κ2) is 6.79. The topological polar surface area (TPSA) is 87.0 Å². The van der Waals surface area contributed by atoms with Gasteiger partial charge in [-0.2, -0.15) is 5.10 Å². The van der Waals surface area contributed by atoms with Gasteiger partial charge in [-0.1, -0.05) is 29.8 Å². The van der Waals surface area contributed by atoms with Crippen molar-refractivity contribution in [1.29, 1.82) is 0 Å². The molecule has 0 unspecified atom stereocenters. The van der Waals surface area contributed by atoms with Crippen LogP contribution in [0.3, 0.4) is 0 Å². The molecule has 0 aliphatic heterocycles. The minimum atomic E-state index is -0.814. The number of hydrogen-bond donors (Lipinski definition) is 0. The highest BCUT2D eigenvalue weighted by Crippen LogP contribution is 2.27. The predicted octanol–water partition coefficient (Wildman–Crippen LogP) is 2.45. The molecule has 26 heavy (non-hydrogen) atoms. The highest BCUT2D eigenvalue weighted by Gasteiger charge is 2.33. The van der Waals surface area contributed by atoms with Crippen molar-refractivity contribution >= 4 is 23.2 Å². The SMILES string of the molecule is COC(=O)c1c(C(=O)OC)c2cccnn2c1C(=O)c1ccc(C)cc1. The summed E-state index contributed by atoms with van der Waals surface area (Å²) in [5.41, 5.74) is 1.38. The number of carbonyl (C=O) groups excluding carboxylic acids is 3. The molecule has 0 aliphatic rings. The molecule has 0 fully saturated rings. The van der Waals surface area contributed by atoms with Crippen LogP contribution in [0.5, 0.6) is 0 Å². The Bertz CT molecular complexity index is 1020. The molecule has 0 aliphatic carbocycles. The van der Waals surface area contributed by atoms with Crippen molar-refractivity contribution in [2.45, 2.75) is 6.92 Å². The zero-order valence-corrected chi connectivity index (χ0v) is 14.5. The molecule has 0 amide bonds. The van der Waals surface area contributed by atoms with Crippen molar-refractivity contribution in [3.8, 4) is 0 Å². The monoisotopic (exact) mass is 352 g/mol. The smallest absolute Gasteiger partial charge is 0.341 e. The van der Waals surface area contributed by atoms with E-state index in [4.69, 9.17) is 9.47 Å². The first-order valence-corrected chi connectivity index (χ1v) is 7.77. The standard InChI is InChI=1S/C19H16N2O5/c1-11-6-8-12(9-7-11)17(22)16-15(19(24)26-3)14(18(23)25-2)13-5-4-10-20-21(13)16/h4-10H,1-3H3. The number of carbonyl (C=O) groups is 3. The largest absolute Gasteiger partial charge is 0.465 e. The number of rotatable bonds is 4. The molecule has 0 saturated heterocycles. The van der Waals surface area contributed by atoms with Crippen molar-refractivity contribution in [1.82, 2.24) is 9.61 Å². The van der Waals surface area contributed by atoms with Crippen LogP contribution in [0.25, 0.3) is 5.52 Å². The normalized spacial score (nSPS) is 10.6. The molecule has 0 saturated carbocycles. The predicted molar refractivity (Wildman–Crippen MR) is 92.5 cm³/mol. The minimum Gasteiger partial charge on any atom is -0.465 e. The Hall–Kier alpha value is -3.48. The van der Waals surface area contributed by atoms with E-state index in [2.05, 4.69) is 5.10 Å². The summed E-state index contributed by atoms with van der Waals surface area (Å²) in [7, 11) is 2.38. The molecule has 3 rings (SSSR count). The summed E-state index contributed by atoms with van der Waals surface area (Å²) in [5, 5.41) is 4.14. The lowest BCUT2D eigenvalue weighted by Crippen LogP contribution is -2.15. The zero-order chi connectivity index (χ0) is 18.8. The number of hydrogen-bond acceptors (Lipinski definition) is 6. The Morgan fingerprint density at radius 1 is 0.923 bits per heavy atom. The molecule has 132 valence electrons. The number of nitrogens with zero attached hydrogens (tertiary/aromatic N) is 2. The Labute approximate surface area is 149 Å². The number of ketones is 1. The fourth-order valence-electron chi connectivity index (χ4n) is 2.75. The molecule has 7 heteroatoms. The fourth-order valence-corrected chi connectivity index (χ4v) is 2.75. The maximum absolute atomic E-state index is 13.1. The number of aryl methyl sites for hydroxylation is 1. The van der Waals surface area contributed by atoms with Gasteiger partial charge in [0.05, 0.1) is 19.7 Å². The van der Waals surface area contributed by atoms with Gasteiger partial charge < -0.3 is 9.47 Å². The summed E-state index contributed by atoms with van der Waals surface area (Å²) in [4.78, 5) is 37.8. The van der Waals surface area contributed by atoms with E-state index in [-0.39, 0.29) is 22.3 Å². The molecular formula is C19H16N2O5. The summed E-state index contributed by atoms with van der Waals surface area (Å²) < 4.78 is 10.9. The van der Waals surface area contributed by atoms with Crippen molar-refractivity contribution in [3.63, 3.8) is 0 Å². The minimum absolute atomic E-state index is 0.0447. The Kier molecular flexibility index (Phi) is 4.53. The average Bonchev–Trinajstić information content (AvgIpc) is 3.02. The lowest BCUT2D eigenvalue weighted by atomic mass is 10.0. The Morgan fingerprint density at radius 3 is 2.15 bits per heavy atom. The van der Waals surface area contributed by atoms with Gasteiger partial charge in [-0.05, 0) is 19.1 Å². The van der Waals surface area contributed by atoms with Gasteiger partial charge in [-0.3, -0.25) is 4.79 Å². The van der Waals surface area contributed by atoms with Crippen LogP contribution in [-0.2, 0) is 9.47 Å². The van der Waals surface area contributed by atoms with Crippen LogP contribution in [0.15, 0.2) is 42.6 Å². The van der Waals surface area contributed by atoms with E-state index in [1.165, 1.54) is 24.9 Å². The van der Waals surface area contributed by atoms with Gasteiger partial charge in [0, 0.05) is 11.8 Å². The van der Waals surface area contributed by atoms with Crippen LogP contribution in [0, 0.1) is 6.92 Å². The van der Waals surface area contributed by atoms with E-state index in [9.17, 15) is 14.4 Å². The molecule has 1 aromatic carbocycles. The van der Waals surface area contributed by atoms with E-state index >= 15 is 0 Å². The van der Waals surface area contributed by atoms with Crippen LogP contribution >= 0.6 is 0 Å². The number of benzene rings is 1. The summed E-state index contributed by atoms with van der Waals surface area (Å²) in [5.74, 6) is -2.01. The summed E-state index contributed by atoms with van der Waals surface area (Å²) in [6.45, 7) is 1.90. The first-order valence-electron chi connectivity index (χ1n) is 7.77. The van der Waals surface area contributed by atoms with E-state index in [1.807, 2.05) is 6.92 Å². The molecular weight excluding hydrogens is 336 g/mol. The fraction of sp³-hybridized carbons (Fsp3) is 0.158. The number of ether oxygens (including phenoxy) is 2. The van der Waals surface area contributed by atoms with E-state index in [0.717, 1.165) is 5.56 Å². The van der Waals surface area contributed by atoms with Crippen molar-refractivity contribution in [2.24, 2.45) is 0 Å². The lowest BCUT2D eigenvalue weighted by molar-refractivity contribution is 0.0556. The second-order valence-electron chi connectivity index (χ2n) is 5.60. The van der Waals surface area contributed by atoms with Gasteiger partial charge in [0.15, 0.2) is 0 Å². The summed E-state index contributed by atoms with van der Waals surface area (Å²) in [6.07, 6.45) is 1.46. The second-order valence-corrected chi connectivity index (χ2v) is 5.60. The third kappa shape index (κ3) is 2.73. The van der Waals surface area contributed by atoms with Gasteiger partial charge in [0.25, 0.3) is 0 Å². The maximum atomic E-state index is 13.1. The Morgan fingerprint density at radius 2 is 1.54 bits per heavy atom. The van der Waals surface area contributed by atoms with Crippen molar-refractivity contribution < 1.29 is 23.9 Å². The molecule has 0 radical (unpaired) electrons. The molecule has 0 bridgehead atoms. The van der Waals surface area contributed by atoms with Gasteiger partial charge in [-0.25, -0.2) is 14.1 Å². The lowest BCUT2D eigenvalue weighted by Gasteiger charge is -2.05. The van der Waals surface area contributed by atoms with Crippen LogP contribution in [0.4, 0.5) is 0 Å².